The summed E-state index contributed by atoms with van der Waals surface area (Å²) in [5.41, 5.74) is 6.71. The zero-order chi connectivity index (χ0) is 12.7. The van der Waals surface area contributed by atoms with Crippen LogP contribution in [0.1, 0.15) is 25.3 Å². The van der Waals surface area contributed by atoms with Gasteiger partial charge in [-0.15, -0.1) is 0 Å². The second-order valence-electron chi connectivity index (χ2n) is 3.77. The lowest BCUT2D eigenvalue weighted by Crippen LogP contribution is -2.01. The van der Waals surface area contributed by atoms with Gasteiger partial charge in [0.2, 0.25) is 0 Å². The van der Waals surface area contributed by atoms with E-state index in [9.17, 15) is 0 Å². The highest BCUT2D eigenvalue weighted by Crippen LogP contribution is 2.33. The number of rotatable bonds is 7. The first kappa shape index (κ1) is 14.3. The first-order valence-electron chi connectivity index (χ1n) is 5.92. The number of benzene rings is 1. The van der Waals surface area contributed by atoms with Crippen LogP contribution in [0.4, 0.5) is 0 Å². The summed E-state index contributed by atoms with van der Waals surface area (Å²) in [7, 11) is 1.66. The molecule has 1 rings (SSSR count). The lowest BCUT2D eigenvalue weighted by molar-refractivity contribution is 0.331. The monoisotopic (exact) mass is 301 g/mol. The topological polar surface area (TPSA) is 44.5 Å². The molecule has 0 unspecified atom stereocenters. The summed E-state index contributed by atoms with van der Waals surface area (Å²) >= 11 is 3.50. The van der Waals surface area contributed by atoms with Crippen LogP contribution in [0.3, 0.4) is 0 Å². The number of ether oxygens (including phenoxy) is 2. The van der Waals surface area contributed by atoms with Crippen LogP contribution in [0.5, 0.6) is 11.5 Å². The molecule has 0 atom stereocenters. The maximum atomic E-state index is 5.63. The van der Waals surface area contributed by atoms with E-state index in [1.54, 1.807) is 7.11 Å². The number of methoxy groups -OCH3 is 1. The van der Waals surface area contributed by atoms with Gasteiger partial charge in [-0.1, -0.05) is 0 Å². The van der Waals surface area contributed by atoms with E-state index in [0.717, 1.165) is 41.8 Å². The molecule has 0 saturated carbocycles. The lowest BCUT2D eigenvalue weighted by atomic mass is 10.1. The van der Waals surface area contributed by atoms with E-state index >= 15 is 0 Å². The largest absolute Gasteiger partial charge is 0.495 e. The number of hydrogen-bond donors (Lipinski definition) is 1. The van der Waals surface area contributed by atoms with Gasteiger partial charge < -0.3 is 15.2 Å². The molecule has 0 aromatic heterocycles. The van der Waals surface area contributed by atoms with E-state index < -0.39 is 0 Å². The van der Waals surface area contributed by atoms with Gasteiger partial charge in [0, 0.05) is 6.07 Å². The Morgan fingerprint density at radius 2 is 2.00 bits per heavy atom. The summed E-state index contributed by atoms with van der Waals surface area (Å²) in [6.07, 6.45) is 3.10. The highest BCUT2D eigenvalue weighted by atomic mass is 79.9. The average Bonchev–Trinajstić information content (AvgIpc) is 2.32. The van der Waals surface area contributed by atoms with Gasteiger partial charge in [-0.05, 0) is 60.3 Å². The molecule has 1 aromatic rings. The molecule has 0 aliphatic carbocycles. The number of unbranched alkanes of at least 4 members (excludes halogenated alkanes) is 1. The molecular formula is C13H20BrNO2. The Kier molecular flexibility index (Phi) is 6.37. The normalized spacial score (nSPS) is 10.4. The van der Waals surface area contributed by atoms with Crippen molar-refractivity contribution in [2.75, 3.05) is 20.3 Å². The zero-order valence-corrected chi connectivity index (χ0v) is 12.0. The van der Waals surface area contributed by atoms with E-state index in [4.69, 9.17) is 15.2 Å². The molecular weight excluding hydrogens is 282 g/mol. The third kappa shape index (κ3) is 4.21. The third-order valence-electron chi connectivity index (χ3n) is 2.54. The summed E-state index contributed by atoms with van der Waals surface area (Å²) in [4.78, 5) is 0. The van der Waals surface area contributed by atoms with Crippen LogP contribution in [-0.4, -0.2) is 20.3 Å². The van der Waals surface area contributed by atoms with Gasteiger partial charge in [0.15, 0.2) is 0 Å². The van der Waals surface area contributed by atoms with Gasteiger partial charge in [0.05, 0.1) is 18.2 Å². The quantitative estimate of drug-likeness (QED) is 0.787. The third-order valence-corrected chi connectivity index (χ3v) is 3.15. The van der Waals surface area contributed by atoms with Crippen molar-refractivity contribution in [2.45, 2.75) is 26.2 Å². The summed E-state index contributed by atoms with van der Waals surface area (Å²) in [6, 6.07) is 4.01. The van der Waals surface area contributed by atoms with Gasteiger partial charge in [-0.3, -0.25) is 0 Å². The van der Waals surface area contributed by atoms with Crippen molar-refractivity contribution in [1.82, 2.24) is 0 Å². The Morgan fingerprint density at radius 1 is 1.24 bits per heavy atom. The SMILES string of the molecule is CCOc1cc(OC)c(Br)cc1CCCCN. The van der Waals surface area contributed by atoms with Crippen molar-refractivity contribution in [3.05, 3.63) is 22.2 Å². The molecule has 1 aromatic carbocycles. The van der Waals surface area contributed by atoms with Gasteiger partial charge in [-0.2, -0.15) is 0 Å². The second kappa shape index (κ2) is 7.56. The predicted molar refractivity (Wildman–Crippen MR) is 73.9 cm³/mol. The van der Waals surface area contributed by atoms with E-state index in [-0.39, 0.29) is 0 Å². The number of halogens is 1. The summed E-state index contributed by atoms with van der Waals surface area (Å²) in [5, 5.41) is 0. The molecule has 0 saturated heterocycles. The minimum atomic E-state index is 0.661. The molecule has 0 aliphatic rings. The molecule has 0 aliphatic heterocycles. The van der Waals surface area contributed by atoms with Crippen molar-refractivity contribution in [3.8, 4) is 11.5 Å². The Balaban J connectivity index is 2.88. The fourth-order valence-electron chi connectivity index (χ4n) is 1.68. The Bertz CT molecular complexity index is 356. The van der Waals surface area contributed by atoms with E-state index in [0.29, 0.717) is 6.61 Å². The number of aryl methyl sites for hydroxylation is 1. The van der Waals surface area contributed by atoms with E-state index in [1.165, 1.54) is 5.56 Å². The van der Waals surface area contributed by atoms with Crippen molar-refractivity contribution in [2.24, 2.45) is 5.73 Å². The first-order chi connectivity index (χ1) is 8.22. The van der Waals surface area contributed by atoms with Crippen molar-refractivity contribution >= 4 is 15.9 Å². The molecule has 0 fully saturated rings. The fraction of sp³-hybridized carbons (Fsp3) is 0.538. The standard InChI is InChI=1S/C13H20BrNO2/c1-3-17-12-9-13(16-2)11(14)8-10(12)6-4-5-7-15/h8-9H,3-7,15H2,1-2H3. The van der Waals surface area contributed by atoms with Crippen molar-refractivity contribution in [3.63, 3.8) is 0 Å². The first-order valence-corrected chi connectivity index (χ1v) is 6.71. The van der Waals surface area contributed by atoms with Crippen LogP contribution >= 0.6 is 15.9 Å². The minimum absolute atomic E-state index is 0.661. The van der Waals surface area contributed by atoms with Gasteiger partial charge >= 0.3 is 0 Å². The maximum Gasteiger partial charge on any atom is 0.136 e. The minimum Gasteiger partial charge on any atom is -0.495 e. The maximum absolute atomic E-state index is 5.63. The van der Waals surface area contributed by atoms with Crippen LogP contribution in [-0.2, 0) is 6.42 Å². The van der Waals surface area contributed by atoms with Crippen molar-refractivity contribution in [1.29, 1.82) is 0 Å². The fourth-order valence-corrected chi connectivity index (χ4v) is 2.23. The van der Waals surface area contributed by atoms with Gasteiger partial charge in [0.1, 0.15) is 11.5 Å². The van der Waals surface area contributed by atoms with Crippen molar-refractivity contribution < 1.29 is 9.47 Å². The molecule has 0 bridgehead atoms. The van der Waals surface area contributed by atoms with Crippen LogP contribution < -0.4 is 15.2 Å². The predicted octanol–water partition coefficient (Wildman–Crippen LogP) is 3.14. The van der Waals surface area contributed by atoms with Crippen LogP contribution in [0.15, 0.2) is 16.6 Å². The average molecular weight is 302 g/mol. The van der Waals surface area contributed by atoms with E-state index in [1.807, 2.05) is 13.0 Å². The van der Waals surface area contributed by atoms with Crippen LogP contribution in [0, 0.1) is 0 Å². The molecule has 0 amide bonds. The molecule has 3 nitrogen and oxygen atoms in total. The molecule has 0 heterocycles. The van der Waals surface area contributed by atoms with Crippen LogP contribution in [0.2, 0.25) is 0 Å². The summed E-state index contributed by atoms with van der Waals surface area (Å²) in [6.45, 7) is 3.38. The highest BCUT2D eigenvalue weighted by Gasteiger charge is 2.09. The molecule has 17 heavy (non-hydrogen) atoms. The summed E-state index contributed by atoms with van der Waals surface area (Å²) in [5.74, 6) is 1.71. The highest BCUT2D eigenvalue weighted by molar-refractivity contribution is 9.10. The van der Waals surface area contributed by atoms with Gasteiger partial charge in [0.25, 0.3) is 0 Å². The Morgan fingerprint density at radius 3 is 2.59 bits per heavy atom. The van der Waals surface area contributed by atoms with Crippen LogP contribution in [0.25, 0.3) is 0 Å². The molecule has 0 radical (unpaired) electrons. The second-order valence-corrected chi connectivity index (χ2v) is 4.63. The molecule has 0 spiro atoms. The lowest BCUT2D eigenvalue weighted by Gasteiger charge is -2.13. The summed E-state index contributed by atoms with van der Waals surface area (Å²) < 4.78 is 11.9. The Hall–Kier alpha value is -0.740. The van der Waals surface area contributed by atoms with Gasteiger partial charge in [-0.25, -0.2) is 0 Å². The number of nitrogens with two attached hydrogens (primary N) is 1. The van der Waals surface area contributed by atoms with E-state index in [2.05, 4.69) is 22.0 Å². The zero-order valence-electron chi connectivity index (χ0n) is 10.5. The number of hydrogen-bond acceptors (Lipinski definition) is 3. The Labute approximate surface area is 111 Å². The molecule has 4 heteroatoms. The molecule has 2 N–H and O–H groups in total. The smallest absolute Gasteiger partial charge is 0.136 e. The molecule has 96 valence electrons.